The lowest BCUT2D eigenvalue weighted by Crippen LogP contribution is -2.31. The SMILES string of the molecule is Cc1ccc(NC(C)C(=O)Nc2ccc(Br)cc2)cc1F. The van der Waals surface area contributed by atoms with Gasteiger partial charge in [0.15, 0.2) is 0 Å². The topological polar surface area (TPSA) is 41.1 Å². The van der Waals surface area contributed by atoms with Crippen LogP contribution in [-0.4, -0.2) is 11.9 Å². The summed E-state index contributed by atoms with van der Waals surface area (Å²) in [6, 6.07) is 11.7. The third kappa shape index (κ3) is 4.29. The third-order valence-electron chi connectivity index (χ3n) is 3.06. The van der Waals surface area contributed by atoms with E-state index in [1.165, 1.54) is 6.07 Å². The van der Waals surface area contributed by atoms with Gasteiger partial charge in [-0.05, 0) is 55.8 Å². The summed E-state index contributed by atoms with van der Waals surface area (Å²) in [5, 5.41) is 5.78. The molecule has 21 heavy (non-hydrogen) atoms. The Morgan fingerprint density at radius 1 is 1.14 bits per heavy atom. The summed E-state index contributed by atoms with van der Waals surface area (Å²) in [7, 11) is 0. The van der Waals surface area contributed by atoms with Crippen LogP contribution in [0.3, 0.4) is 0 Å². The first-order valence-electron chi connectivity index (χ1n) is 6.55. The standard InChI is InChI=1S/C16H16BrFN2O/c1-10-3-6-14(9-15(10)18)19-11(2)16(21)20-13-7-4-12(17)5-8-13/h3-9,11,19H,1-2H3,(H,20,21). The van der Waals surface area contributed by atoms with Gasteiger partial charge in [0.2, 0.25) is 5.91 Å². The van der Waals surface area contributed by atoms with Crippen molar-refractivity contribution in [3.05, 3.63) is 58.3 Å². The number of hydrogen-bond acceptors (Lipinski definition) is 2. The van der Waals surface area contributed by atoms with Crippen LogP contribution in [0.15, 0.2) is 46.9 Å². The number of rotatable bonds is 4. The molecule has 1 amide bonds. The summed E-state index contributed by atoms with van der Waals surface area (Å²) in [4.78, 5) is 12.1. The molecule has 0 saturated heterocycles. The molecule has 1 atom stereocenters. The third-order valence-corrected chi connectivity index (χ3v) is 3.59. The van der Waals surface area contributed by atoms with Crippen molar-refractivity contribution in [3.63, 3.8) is 0 Å². The van der Waals surface area contributed by atoms with Crippen LogP contribution < -0.4 is 10.6 Å². The fourth-order valence-electron chi connectivity index (χ4n) is 1.78. The van der Waals surface area contributed by atoms with Crippen LogP contribution in [0.2, 0.25) is 0 Å². The van der Waals surface area contributed by atoms with Crippen molar-refractivity contribution < 1.29 is 9.18 Å². The summed E-state index contributed by atoms with van der Waals surface area (Å²) < 4.78 is 14.4. The summed E-state index contributed by atoms with van der Waals surface area (Å²) in [5.74, 6) is -0.473. The lowest BCUT2D eigenvalue weighted by molar-refractivity contribution is -0.116. The highest BCUT2D eigenvalue weighted by Crippen LogP contribution is 2.16. The van der Waals surface area contributed by atoms with E-state index >= 15 is 0 Å². The fraction of sp³-hybridized carbons (Fsp3) is 0.188. The summed E-state index contributed by atoms with van der Waals surface area (Å²) in [6.45, 7) is 3.43. The second kappa shape index (κ2) is 6.72. The molecule has 0 saturated carbocycles. The Morgan fingerprint density at radius 2 is 1.76 bits per heavy atom. The van der Waals surface area contributed by atoms with Crippen molar-refractivity contribution in [2.24, 2.45) is 0 Å². The number of anilines is 2. The first kappa shape index (κ1) is 15.5. The normalized spacial score (nSPS) is 11.8. The predicted octanol–water partition coefficient (Wildman–Crippen LogP) is 4.34. The van der Waals surface area contributed by atoms with Gasteiger partial charge in [-0.25, -0.2) is 4.39 Å². The minimum Gasteiger partial charge on any atom is -0.374 e. The van der Waals surface area contributed by atoms with Crippen molar-refractivity contribution in [1.82, 2.24) is 0 Å². The van der Waals surface area contributed by atoms with Gasteiger partial charge in [0, 0.05) is 15.8 Å². The zero-order valence-electron chi connectivity index (χ0n) is 11.8. The molecule has 0 bridgehead atoms. The predicted molar refractivity (Wildman–Crippen MR) is 87.0 cm³/mol. The second-order valence-electron chi connectivity index (χ2n) is 4.83. The molecule has 0 fully saturated rings. The van der Waals surface area contributed by atoms with E-state index in [1.54, 1.807) is 38.1 Å². The van der Waals surface area contributed by atoms with Gasteiger partial charge in [0.25, 0.3) is 0 Å². The molecule has 0 aliphatic rings. The van der Waals surface area contributed by atoms with Gasteiger partial charge in [-0.1, -0.05) is 22.0 Å². The van der Waals surface area contributed by atoms with E-state index in [2.05, 4.69) is 26.6 Å². The van der Waals surface area contributed by atoms with Crippen LogP contribution in [0.4, 0.5) is 15.8 Å². The highest BCUT2D eigenvalue weighted by molar-refractivity contribution is 9.10. The van der Waals surface area contributed by atoms with Crippen LogP contribution in [0, 0.1) is 12.7 Å². The number of aryl methyl sites for hydroxylation is 1. The molecule has 0 aromatic heterocycles. The van der Waals surface area contributed by atoms with Crippen LogP contribution in [0.5, 0.6) is 0 Å². The monoisotopic (exact) mass is 350 g/mol. The average molecular weight is 351 g/mol. The van der Waals surface area contributed by atoms with Crippen LogP contribution in [0.25, 0.3) is 0 Å². The number of benzene rings is 2. The number of nitrogens with one attached hydrogen (secondary N) is 2. The highest BCUT2D eigenvalue weighted by Gasteiger charge is 2.13. The van der Waals surface area contributed by atoms with E-state index in [1.807, 2.05) is 12.1 Å². The molecule has 110 valence electrons. The van der Waals surface area contributed by atoms with Gasteiger partial charge in [-0.3, -0.25) is 4.79 Å². The second-order valence-corrected chi connectivity index (χ2v) is 5.74. The van der Waals surface area contributed by atoms with Crippen LogP contribution >= 0.6 is 15.9 Å². The van der Waals surface area contributed by atoms with Crippen LogP contribution in [0.1, 0.15) is 12.5 Å². The van der Waals surface area contributed by atoms with E-state index in [4.69, 9.17) is 0 Å². The largest absolute Gasteiger partial charge is 0.374 e. The number of amides is 1. The molecular weight excluding hydrogens is 335 g/mol. The highest BCUT2D eigenvalue weighted by atomic mass is 79.9. The number of hydrogen-bond donors (Lipinski definition) is 2. The van der Waals surface area contributed by atoms with Crippen molar-refractivity contribution in [2.45, 2.75) is 19.9 Å². The van der Waals surface area contributed by atoms with E-state index in [-0.39, 0.29) is 11.7 Å². The zero-order chi connectivity index (χ0) is 15.4. The van der Waals surface area contributed by atoms with E-state index in [0.717, 1.165) is 4.47 Å². The smallest absolute Gasteiger partial charge is 0.246 e. The quantitative estimate of drug-likeness (QED) is 0.861. The maximum Gasteiger partial charge on any atom is 0.246 e. The molecule has 0 radical (unpaired) electrons. The Balaban J connectivity index is 1.98. The molecule has 0 spiro atoms. The molecule has 5 heteroatoms. The molecule has 2 rings (SSSR count). The Morgan fingerprint density at radius 3 is 2.38 bits per heavy atom. The van der Waals surface area contributed by atoms with Crippen molar-refractivity contribution in [3.8, 4) is 0 Å². The Kier molecular flexibility index (Phi) is 4.96. The van der Waals surface area contributed by atoms with Gasteiger partial charge in [-0.15, -0.1) is 0 Å². The lowest BCUT2D eigenvalue weighted by Gasteiger charge is -2.15. The zero-order valence-corrected chi connectivity index (χ0v) is 13.4. The summed E-state index contributed by atoms with van der Waals surface area (Å²) >= 11 is 3.34. The molecular formula is C16H16BrFN2O. The number of halogens is 2. The Hall–Kier alpha value is -1.88. The van der Waals surface area contributed by atoms with E-state index < -0.39 is 6.04 Å². The Labute approximate surface area is 131 Å². The molecule has 0 aliphatic heterocycles. The minimum absolute atomic E-state index is 0.182. The maximum atomic E-state index is 13.5. The first-order valence-corrected chi connectivity index (χ1v) is 7.34. The first-order chi connectivity index (χ1) is 9.95. The van der Waals surface area contributed by atoms with E-state index in [0.29, 0.717) is 16.9 Å². The van der Waals surface area contributed by atoms with Gasteiger partial charge in [-0.2, -0.15) is 0 Å². The lowest BCUT2D eigenvalue weighted by atomic mass is 10.2. The number of carbonyl (C=O) groups excluding carboxylic acids is 1. The molecule has 2 aromatic rings. The molecule has 1 unspecified atom stereocenters. The summed E-state index contributed by atoms with van der Waals surface area (Å²) in [6.07, 6.45) is 0. The summed E-state index contributed by atoms with van der Waals surface area (Å²) in [5.41, 5.74) is 1.87. The minimum atomic E-state index is -0.476. The molecule has 2 N–H and O–H groups in total. The Bertz CT molecular complexity index is 643. The molecule has 2 aromatic carbocycles. The van der Waals surface area contributed by atoms with Crippen LogP contribution in [-0.2, 0) is 4.79 Å². The van der Waals surface area contributed by atoms with Gasteiger partial charge < -0.3 is 10.6 Å². The maximum absolute atomic E-state index is 13.5. The average Bonchev–Trinajstić information content (AvgIpc) is 2.45. The van der Waals surface area contributed by atoms with Gasteiger partial charge >= 0.3 is 0 Å². The molecule has 3 nitrogen and oxygen atoms in total. The molecule has 0 heterocycles. The van der Waals surface area contributed by atoms with Gasteiger partial charge in [0.1, 0.15) is 11.9 Å². The van der Waals surface area contributed by atoms with Crippen molar-refractivity contribution >= 4 is 33.2 Å². The van der Waals surface area contributed by atoms with Gasteiger partial charge in [0.05, 0.1) is 0 Å². The van der Waals surface area contributed by atoms with E-state index in [9.17, 15) is 9.18 Å². The fourth-order valence-corrected chi connectivity index (χ4v) is 2.05. The molecule has 0 aliphatic carbocycles. The van der Waals surface area contributed by atoms with Crippen molar-refractivity contribution in [2.75, 3.05) is 10.6 Å². The van der Waals surface area contributed by atoms with Crippen molar-refractivity contribution in [1.29, 1.82) is 0 Å². The number of carbonyl (C=O) groups is 1.